The Morgan fingerprint density at radius 3 is 2.87 bits per heavy atom. The lowest BCUT2D eigenvalue weighted by Crippen LogP contribution is -2.70. The molecule has 31 heavy (non-hydrogen) atoms. The van der Waals surface area contributed by atoms with Crippen LogP contribution < -0.4 is 5.32 Å². The summed E-state index contributed by atoms with van der Waals surface area (Å²) in [7, 11) is 0. The predicted molar refractivity (Wildman–Crippen MR) is 126 cm³/mol. The van der Waals surface area contributed by atoms with Crippen LogP contribution in [-0.2, 0) is 9.59 Å². The van der Waals surface area contributed by atoms with E-state index >= 15 is 0 Å². The number of aromatic nitrogens is 2. The van der Waals surface area contributed by atoms with Crippen molar-refractivity contribution in [2.45, 2.75) is 22.9 Å². The Morgan fingerprint density at radius 2 is 2.16 bits per heavy atom. The molecular weight excluding hydrogens is 476 g/mol. The number of hydrogen-bond acceptors (Lipinski definition) is 6. The summed E-state index contributed by atoms with van der Waals surface area (Å²) in [4.78, 5) is 27.3. The number of para-hydroxylation sites is 1. The number of hydrogen-bond donors (Lipinski definition) is 2. The molecular formula is C20H17ClN4O3S3. The number of aliphatic carboxylic acids is 1. The van der Waals surface area contributed by atoms with E-state index in [1.807, 2.05) is 36.4 Å². The standard InChI is InChI=1S/C20H17ClN4O3S3/c21-9-4-7-14(29)23-16-18(26)24-17(20(27)28)13(11-30-19(16)24)31-15-8-10-22-25(15)12-5-2-1-3-6-12/h1-6,8-10,16,19H,7,11H2,(H,23,29)(H,27,28)/b9-4-/t16-,19-/m1/s1. The lowest BCUT2D eigenvalue weighted by atomic mass is 10.0. The molecule has 7 nitrogen and oxygen atoms in total. The number of thiocarbonyl (C=S) groups is 1. The Balaban J connectivity index is 1.57. The topological polar surface area (TPSA) is 87.5 Å². The molecule has 1 amide bonds. The van der Waals surface area contributed by atoms with Gasteiger partial charge in [0, 0.05) is 22.6 Å². The van der Waals surface area contributed by atoms with Crippen molar-refractivity contribution in [2.24, 2.45) is 0 Å². The highest BCUT2D eigenvalue weighted by Gasteiger charge is 2.54. The molecule has 2 N–H and O–H groups in total. The number of β-lactam (4-membered cyclic amide) rings is 1. The van der Waals surface area contributed by atoms with E-state index in [0.29, 0.717) is 22.1 Å². The number of carbonyl (C=O) groups is 2. The van der Waals surface area contributed by atoms with Crippen LogP contribution in [0.15, 0.2) is 69.8 Å². The molecule has 0 aliphatic carbocycles. The zero-order valence-corrected chi connectivity index (χ0v) is 19.2. The number of carboxylic acids is 1. The van der Waals surface area contributed by atoms with Crippen LogP contribution in [0.1, 0.15) is 6.42 Å². The maximum absolute atomic E-state index is 12.8. The zero-order chi connectivity index (χ0) is 22.0. The summed E-state index contributed by atoms with van der Waals surface area (Å²) >= 11 is 13.6. The number of nitrogens with zero attached hydrogens (tertiary/aromatic N) is 3. The summed E-state index contributed by atoms with van der Waals surface area (Å²) in [5.41, 5.74) is 2.26. The van der Waals surface area contributed by atoms with Gasteiger partial charge in [-0.3, -0.25) is 9.69 Å². The van der Waals surface area contributed by atoms with Crippen LogP contribution >= 0.6 is 47.3 Å². The maximum atomic E-state index is 12.8. The Labute approximate surface area is 197 Å². The number of rotatable bonds is 7. The normalized spacial score (nSPS) is 20.5. The molecule has 2 aliphatic heterocycles. The van der Waals surface area contributed by atoms with Crippen molar-refractivity contribution in [3.05, 3.63) is 64.8 Å². The summed E-state index contributed by atoms with van der Waals surface area (Å²) in [5.74, 6) is -0.966. The highest BCUT2D eigenvalue weighted by Crippen LogP contribution is 2.45. The molecule has 3 heterocycles. The van der Waals surface area contributed by atoms with Gasteiger partial charge < -0.3 is 10.4 Å². The third-order valence-electron chi connectivity index (χ3n) is 4.68. The van der Waals surface area contributed by atoms with Gasteiger partial charge in [-0.1, -0.05) is 59.9 Å². The third kappa shape index (κ3) is 4.38. The van der Waals surface area contributed by atoms with E-state index < -0.39 is 12.0 Å². The smallest absolute Gasteiger partial charge is 0.353 e. The molecule has 160 valence electrons. The maximum Gasteiger partial charge on any atom is 0.353 e. The number of nitrogens with one attached hydrogen (secondary N) is 1. The minimum absolute atomic E-state index is 0.0178. The van der Waals surface area contributed by atoms with E-state index in [9.17, 15) is 14.7 Å². The van der Waals surface area contributed by atoms with E-state index in [-0.39, 0.29) is 17.0 Å². The van der Waals surface area contributed by atoms with E-state index in [4.69, 9.17) is 23.8 Å². The lowest BCUT2D eigenvalue weighted by Gasteiger charge is -2.49. The SMILES string of the molecule is O=C(O)C1=C(Sc2ccnn2-c2ccccc2)CS[C@@H]2[C@H](NC(=S)C/C=C\Cl)C(=O)N12. The highest BCUT2D eigenvalue weighted by atomic mass is 35.5. The summed E-state index contributed by atoms with van der Waals surface area (Å²) in [6.07, 6.45) is 3.77. The second-order valence-corrected chi connectivity index (χ2v) is 9.58. The molecule has 1 fully saturated rings. The first-order chi connectivity index (χ1) is 15.0. The van der Waals surface area contributed by atoms with Gasteiger partial charge in [-0.05, 0) is 18.2 Å². The van der Waals surface area contributed by atoms with Crippen LogP contribution in [0.3, 0.4) is 0 Å². The Kier molecular flexibility index (Phi) is 6.71. The number of carboxylic acid groups (broad SMARTS) is 1. The minimum Gasteiger partial charge on any atom is -0.477 e. The molecule has 1 aromatic carbocycles. The Morgan fingerprint density at radius 1 is 1.39 bits per heavy atom. The monoisotopic (exact) mass is 492 g/mol. The average Bonchev–Trinajstić information content (AvgIpc) is 3.24. The van der Waals surface area contributed by atoms with Crippen LogP contribution in [0.25, 0.3) is 5.69 Å². The van der Waals surface area contributed by atoms with E-state index in [0.717, 1.165) is 10.7 Å². The van der Waals surface area contributed by atoms with Crippen LogP contribution in [0, 0.1) is 0 Å². The van der Waals surface area contributed by atoms with Gasteiger partial charge in [-0.15, -0.1) is 11.8 Å². The average molecular weight is 493 g/mol. The van der Waals surface area contributed by atoms with Gasteiger partial charge in [-0.25, -0.2) is 9.48 Å². The van der Waals surface area contributed by atoms with Crippen molar-refractivity contribution in [3.8, 4) is 5.69 Å². The second kappa shape index (κ2) is 9.47. The molecule has 0 saturated carbocycles. The molecule has 4 rings (SSSR count). The summed E-state index contributed by atoms with van der Waals surface area (Å²) in [5, 5.41) is 17.7. The van der Waals surface area contributed by atoms with E-state index in [1.54, 1.807) is 17.0 Å². The third-order valence-corrected chi connectivity index (χ3v) is 7.71. The Hall–Kier alpha value is -2.27. The van der Waals surface area contributed by atoms with Gasteiger partial charge in [0.25, 0.3) is 5.91 Å². The number of carbonyl (C=O) groups excluding carboxylic acids is 1. The molecule has 2 atom stereocenters. The molecule has 0 radical (unpaired) electrons. The first kappa shape index (κ1) is 21.9. The molecule has 0 unspecified atom stereocenters. The predicted octanol–water partition coefficient (Wildman–Crippen LogP) is 3.60. The van der Waals surface area contributed by atoms with E-state index in [2.05, 4.69) is 10.4 Å². The number of benzene rings is 1. The van der Waals surface area contributed by atoms with Gasteiger partial charge in [0.1, 0.15) is 22.1 Å². The van der Waals surface area contributed by atoms with Crippen molar-refractivity contribution in [2.75, 3.05) is 5.75 Å². The molecule has 2 aromatic rings. The number of amides is 1. The highest BCUT2D eigenvalue weighted by molar-refractivity contribution is 8.06. The van der Waals surface area contributed by atoms with Gasteiger partial charge in [0.15, 0.2) is 0 Å². The van der Waals surface area contributed by atoms with Crippen LogP contribution in [-0.4, -0.2) is 53.8 Å². The summed E-state index contributed by atoms with van der Waals surface area (Å²) in [6, 6.07) is 10.9. The summed E-state index contributed by atoms with van der Waals surface area (Å²) in [6.45, 7) is 0. The van der Waals surface area contributed by atoms with Gasteiger partial charge in [-0.2, -0.15) is 5.10 Å². The van der Waals surface area contributed by atoms with Crippen molar-refractivity contribution >= 4 is 64.2 Å². The van der Waals surface area contributed by atoms with Gasteiger partial charge >= 0.3 is 5.97 Å². The van der Waals surface area contributed by atoms with Gasteiger partial charge in [0.2, 0.25) is 0 Å². The fourth-order valence-electron chi connectivity index (χ4n) is 3.31. The fourth-order valence-corrected chi connectivity index (χ4v) is 6.16. The second-order valence-electron chi connectivity index (χ2n) is 6.62. The van der Waals surface area contributed by atoms with Gasteiger partial charge in [0.05, 0.1) is 16.9 Å². The number of thioether (sulfide) groups is 2. The summed E-state index contributed by atoms with van der Waals surface area (Å²) < 4.78 is 1.75. The van der Waals surface area contributed by atoms with Crippen LogP contribution in [0.5, 0.6) is 0 Å². The van der Waals surface area contributed by atoms with E-state index in [1.165, 1.54) is 34.0 Å². The van der Waals surface area contributed by atoms with Crippen LogP contribution in [0.4, 0.5) is 0 Å². The first-order valence-electron chi connectivity index (χ1n) is 9.24. The zero-order valence-electron chi connectivity index (χ0n) is 16.0. The number of halogens is 1. The molecule has 0 bridgehead atoms. The Bertz CT molecular complexity index is 1090. The molecule has 1 saturated heterocycles. The van der Waals surface area contributed by atoms with Crippen LogP contribution in [0.2, 0.25) is 0 Å². The molecule has 0 spiro atoms. The molecule has 1 aromatic heterocycles. The largest absolute Gasteiger partial charge is 0.477 e. The van der Waals surface area contributed by atoms with Crippen molar-refractivity contribution in [1.29, 1.82) is 0 Å². The van der Waals surface area contributed by atoms with Crippen molar-refractivity contribution < 1.29 is 14.7 Å². The lowest BCUT2D eigenvalue weighted by molar-refractivity contribution is -0.148. The van der Waals surface area contributed by atoms with Crippen molar-refractivity contribution in [3.63, 3.8) is 0 Å². The molecule has 2 aliphatic rings. The fraction of sp³-hybridized carbons (Fsp3) is 0.200. The first-order valence-corrected chi connectivity index (χ1v) is 11.9. The minimum atomic E-state index is -1.13. The molecule has 11 heteroatoms. The van der Waals surface area contributed by atoms with Crippen molar-refractivity contribution in [1.82, 2.24) is 20.0 Å². The quantitative estimate of drug-likeness (QED) is 0.448. The number of fused-ring (bicyclic) bond motifs is 1.